The number of amides is 1. The molecule has 1 aliphatic heterocycles. The van der Waals surface area contributed by atoms with Crippen LogP contribution < -0.4 is 10.6 Å². The number of aromatic amines is 1. The fourth-order valence-corrected chi connectivity index (χ4v) is 2.16. The zero-order chi connectivity index (χ0) is 14.4. The Morgan fingerprint density at radius 1 is 1.40 bits per heavy atom. The Bertz CT molecular complexity index is 467. The molecule has 0 saturated carbocycles. The number of nitrogens with zero attached hydrogens (tertiary/aromatic N) is 2. The van der Waals surface area contributed by atoms with Gasteiger partial charge in [-0.2, -0.15) is 0 Å². The number of rotatable bonds is 6. The van der Waals surface area contributed by atoms with Crippen molar-refractivity contribution in [1.29, 1.82) is 0 Å². The SMILES string of the molecule is O=C(NCCCN1CCNCC1)c1ccc([N+](=O)[O-])[nH]1. The molecule has 0 radical (unpaired) electrons. The number of aromatic nitrogens is 1. The van der Waals surface area contributed by atoms with Crippen LogP contribution in [0.25, 0.3) is 0 Å². The van der Waals surface area contributed by atoms with Gasteiger partial charge in [-0.15, -0.1) is 0 Å². The Labute approximate surface area is 116 Å². The maximum absolute atomic E-state index is 11.7. The van der Waals surface area contributed by atoms with E-state index in [0.717, 1.165) is 39.1 Å². The number of nitrogens with one attached hydrogen (secondary N) is 3. The molecule has 2 rings (SSSR count). The van der Waals surface area contributed by atoms with Gasteiger partial charge in [0.15, 0.2) is 5.69 Å². The van der Waals surface area contributed by atoms with Gasteiger partial charge in [0.2, 0.25) is 0 Å². The standard InChI is InChI=1S/C12H19N5O3/c18-12(10-2-3-11(15-10)17(19)20)14-4-1-7-16-8-5-13-6-9-16/h2-3,13,15H,1,4-9H2,(H,14,18). The Hall–Kier alpha value is -1.93. The van der Waals surface area contributed by atoms with Crippen molar-refractivity contribution in [3.8, 4) is 0 Å². The van der Waals surface area contributed by atoms with Crippen molar-refractivity contribution in [2.24, 2.45) is 0 Å². The van der Waals surface area contributed by atoms with Crippen LogP contribution >= 0.6 is 0 Å². The highest BCUT2D eigenvalue weighted by atomic mass is 16.6. The molecule has 0 aliphatic carbocycles. The monoisotopic (exact) mass is 281 g/mol. The van der Waals surface area contributed by atoms with Crippen molar-refractivity contribution in [3.63, 3.8) is 0 Å². The van der Waals surface area contributed by atoms with Gasteiger partial charge in [0, 0.05) is 38.8 Å². The van der Waals surface area contributed by atoms with Gasteiger partial charge in [-0.3, -0.25) is 4.79 Å². The molecule has 1 aliphatic rings. The van der Waals surface area contributed by atoms with E-state index in [9.17, 15) is 14.9 Å². The molecule has 0 spiro atoms. The molecule has 8 nitrogen and oxygen atoms in total. The summed E-state index contributed by atoms with van der Waals surface area (Å²) in [5, 5.41) is 16.5. The first-order valence-electron chi connectivity index (χ1n) is 6.71. The quantitative estimate of drug-likeness (QED) is 0.385. The molecule has 20 heavy (non-hydrogen) atoms. The van der Waals surface area contributed by atoms with E-state index in [4.69, 9.17) is 0 Å². The molecule has 0 bridgehead atoms. The number of piperazine rings is 1. The third kappa shape index (κ3) is 4.04. The van der Waals surface area contributed by atoms with E-state index < -0.39 is 4.92 Å². The molecule has 0 unspecified atom stereocenters. The topological polar surface area (TPSA) is 103 Å². The zero-order valence-corrected chi connectivity index (χ0v) is 11.2. The molecule has 1 aromatic rings. The molecule has 1 aromatic heterocycles. The van der Waals surface area contributed by atoms with Gasteiger partial charge in [0.25, 0.3) is 5.91 Å². The summed E-state index contributed by atoms with van der Waals surface area (Å²) >= 11 is 0. The van der Waals surface area contributed by atoms with Crippen LogP contribution in [0.15, 0.2) is 12.1 Å². The van der Waals surface area contributed by atoms with E-state index in [1.807, 2.05) is 0 Å². The third-order valence-corrected chi connectivity index (χ3v) is 3.26. The van der Waals surface area contributed by atoms with Crippen molar-refractivity contribution < 1.29 is 9.72 Å². The molecular formula is C12H19N5O3. The fourth-order valence-electron chi connectivity index (χ4n) is 2.16. The van der Waals surface area contributed by atoms with Gasteiger partial charge in [-0.05, 0) is 24.0 Å². The third-order valence-electron chi connectivity index (χ3n) is 3.26. The van der Waals surface area contributed by atoms with Crippen LogP contribution in [-0.2, 0) is 0 Å². The highest BCUT2D eigenvalue weighted by molar-refractivity contribution is 5.92. The highest BCUT2D eigenvalue weighted by Crippen LogP contribution is 2.09. The summed E-state index contributed by atoms with van der Waals surface area (Å²) in [4.78, 5) is 26.5. The second kappa shape index (κ2) is 7.01. The van der Waals surface area contributed by atoms with E-state index in [1.165, 1.54) is 12.1 Å². The van der Waals surface area contributed by atoms with Crippen LogP contribution in [0.1, 0.15) is 16.9 Å². The number of hydrogen-bond donors (Lipinski definition) is 3. The van der Waals surface area contributed by atoms with Crippen molar-refractivity contribution >= 4 is 11.7 Å². The van der Waals surface area contributed by atoms with E-state index >= 15 is 0 Å². The largest absolute Gasteiger partial charge is 0.358 e. The summed E-state index contributed by atoms with van der Waals surface area (Å²) in [6.07, 6.45) is 0.870. The van der Waals surface area contributed by atoms with E-state index in [1.54, 1.807) is 0 Å². The van der Waals surface area contributed by atoms with Crippen LogP contribution in [0.3, 0.4) is 0 Å². The predicted octanol–water partition coefficient (Wildman–Crippen LogP) is -0.0520. The summed E-state index contributed by atoms with van der Waals surface area (Å²) in [7, 11) is 0. The average Bonchev–Trinajstić information content (AvgIpc) is 2.94. The molecule has 1 saturated heterocycles. The van der Waals surface area contributed by atoms with Crippen molar-refractivity contribution in [3.05, 3.63) is 27.9 Å². The maximum Gasteiger partial charge on any atom is 0.321 e. The summed E-state index contributed by atoms with van der Waals surface area (Å²) in [6.45, 7) is 5.62. The predicted molar refractivity (Wildman–Crippen MR) is 73.7 cm³/mol. The van der Waals surface area contributed by atoms with E-state index in [2.05, 4.69) is 20.5 Å². The second-order valence-corrected chi connectivity index (χ2v) is 4.72. The molecular weight excluding hydrogens is 262 g/mol. The van der Waals surface area contributed by atoms with Gasteiger partial charge in [-0.25, -0.2) is 4.98 Å². The first kappa shape index (κ1) is 14.5. The summed E-state index contributed by atoms with van der Waals surface area (Å²) in [6, 6.07) is 2.71. The Morgan fingerprint density at radius 3 is 2.80 bits per heavy atom. The summed E-state index contributed by atoms with van der Waals surface area (Å²) < 4.78 is 0. The van der Waals surface area contributed by atoms with Gasteiger partial charge in [-0.1, -0.05) is 0 Å². The first-order chi connectivity index (χ1) is 9.66. The highest BCUT2D eigenvalue weighted by Gasteiger charge is 2.15. The Kier molecular flexibility index (Phi) is 5.08. The molecule has 0 atom stereocenters. The van der Waals surface area contributed by atoms with Crippen LogP contribution in [0, 0.1) is 10.1 Å². The van der Waals surface area contributed by atoms with Crippen LogP contribution in [0.2, 0.25) is 0 Å². The lowest BCUT2D eigenvalue weighted by Gasteiger charge is -2.26. The smallest absolute Gasteiger partial charge is 0.321 e. The molecule has 0 aromatic carbocycles. The van der Waals surface area contributed by atoms with Crippen LogP contribution in [0.5, 0.6) is 0 Å². The fraction of sp³-hybridized carbons (Fsp3) is 0.583. The minimum atomic E-state index is -0.554. The number of hydrogen-bond acceptors (Lipinski definition) is 5. The van der Waals surface area contributed by atoms with Crippen molar-refractivity contribution in [2.75, 3.05) is 39.3 Å². The molecule has 2 heterocycles. The maximum atomic E-state index is 11.7. The number of carbonyl (C=O) groups excluding carboxylic acids is 1. The van der Waals surface area contributed by atoms with Crippen LogP contribution in [-0.4, -0.2) is 60.0 Å². The van der Waals surface area contributed by atoms with Crippen molar-refractivity contribution in [2.45, 2.75) is 6.42 Å². The number of carbonyl (C=O) groups is 1. The lowest BCUT2D eigenvalue weighted by atomic mass is 10.3. The van der Waals surface area contributed by atoms with E-state index in [-0.39, 0.29) is 17.4 Å². The van der Waals surface area contributed by atoms with Crippen molar-refractivity contribution in [1.82, 2.24) is 20.5 Å². The van der Waals surface area contributed by atoms with Gasteiger partial charge in [0.05, 0.1) is 0 Å². The summed E-state index contributed by atoms with van der Waals surface area (Å²) in [5.41, 5.74) is 0.221. The second-order valence-electron chi connectivity index (χ2n) is 4.72. The Balaban J connectivity index is 1.67. The number of nitro groups is 1. The molecule has 3 N–H and O–H groups in total. The van der Waals surface area contributed by atoms with Gasteiger partial charge >= 0.3 is 5.82 Å². The van der Waals surface area contributed by atoms with Gasteiger partial charge < -0.3 is 25.6 Å². The van der Waals surface area contributed by atoms with E-state index in [0.29, 0.717) is 6.54 Å². The normalized spacial score (nSPS) is 16.0. The minimum Gasteiger partial charge on any atom is -0.358 e. The lowest BCUT2D eigenvalue weighted by molar-refractivity contribution is -0.389. The number of H-pyrrole nitrogens is 1. The van der Waals surface area contributed by atoms with Gasteiger partial charge in [0.1, 0.15) is 0 Å². The summed E-state index contributed by atoms with van der Waals surface area (Å²) in [5.74, 6) is -0.477. The van der Waals surface area contributed by atoms with Crippen LogP contribution in [0.4, 0.5) is 5.82 Å². The molecule has 8 heteroatoms. The molecule has 110 valence electrons. The molecule has 1 fully saturated rings. The Morgan fingerprint density at radius 2 is 2.15 bits per heavy atom. The lowest BCUT2D eigenvalue weighted by Crippen LogP contribution is -2.44. The minimum absolute atomic E-state index is 0.170. The zero-order valence-electron chi connectivity index (χ0n) is 11.2. The average molecular weight is 281 g/mol. The first-order valence-corrected chi connectivity index (χ1v) is 6.71. The molecule has 1 amide bonds.